The SMILES string of the molecule is CCc1nnsc1C(=O)NC(CC1CCCc2ccccc21)C(=O)O. The van der Waals surface area contributed by atoms with E-state index < -0.39 is 17.9 Å². The monoisotopic (exact) mass is 359 g/mol. The van der Waals surface area contributed by atoms with Crippen LogP contribution in [0.25, 0.3) is 0 Å². The summed E-state index contributed by atoms with van der Waals surface area (Å²) in [4.78, 5) is 24.5. The number of aromatic nitrogens is 2. The molecular formula is C18H21N3O3S. The summed E-state index contributed by atoms with van der Waals surface area (Å²) in [6, 6.07) is 7.26. The molecule has 2 unspecified atom stereocenters. The second kappa shape index (κ2) is 7.74. The molecule has 1 aromatic carbocycles. The fraction of sp³-hybridized carbons (Fsp3) is 0.444. The molecule has 2 aromatic rings. The predicted octanol–water partition coefficient (Wildman–Crippen LogP) is 2.79. The molecule has 0 spiro atoms. The Bertz CT molecular complexity index is 774. The number of rotatable bonds is 6. The number of nitrogens with zero attached hydrogens (tertiary/aromatic N) is 2. The summed E-state index contributed by atoms with van der Waals surface area (Å²) in [6.45, 7) is 1.89. The zero-order valence-electron chi connectivity index (χ0n) is 14.1. The van der Waals surface area contributed by atoms with Gasteiger partial charge in [0.15, 0.2) is 0 Å². The third-order valence-corrected chi connectivity index (χ3v) is 5.48. The fourth-order valence-corrected chi connectivity index (χ4v) is 4.09. The van der Waals surface area contributed by atoms with Gasteiger partial charge in [-0.15, -0.1) is 5.10 Å². The van der Waals surface area contributed by atoms with Crippen LogP contribution in [0.2, 0.25) is 0 Å². The van der Waals surface area contributed by atoms with Crippen LogP contribution >= 0.6 is 11.5 Å². The summed E-state index contributed by atoms with van der Waals surface area (Å²) in [6.07, 6.45) is 4.00. The average molecular weight is 359 g/mol. The molecular weight excluding hydrogens is 338 g/mol. The van der Waals surface area contributed by atoms with Crippen LogP contribution in [0, 0.1) is 0 Å². The molecule has 0 fully saturated rings. The van der Waals surface area contributed by atoms with E-state index in [1.165, 1.54) is 11.1 Å². The van der Waals surface area contributed by atoms with Crippen molar-refractivity contribution in [3.8, 4) is 0 Å². The Hall–Kier alpha value is -2.28. The van der Waals surface area contributed by atoms with E-state index in [1.54, 1.807) is 0 Å². The molecule has 0 radical (unpaired) electrons. The fourth-order valence-electron chi connectivity index (χ4n) is 3.44. The molecule has 0 saturated heterocycles. The summed E-state index contributed by atoms with van der Waals surface area (Å²) < 4.78 is 3.80. The quantitative estimate of drug-likeness (QED) is 0.827. The van der Waals surface area contributed by atoms with Crippen molar-refractivity contribution in [2.24, 2.45) is 0 Å². The van der Waals surface area contributed by atoms with Gasteiger partial charge in [0.2, 0.25) is 0 Å². The van der Waals surface area contributed by atoms with Crippen LogP contribution in [0.15, 0.2) is 24.3 Å². The molecule has 1 aliphatic carbocycles. The normalized spacial score (nSPS) is 17.6. The minimum absolute atomic E-state index is 0.150. The largest absolute Gasteiger partial charge is 0.480 e. The van der Waals surface area contributed by atoms with Gasteiger partial charge in [-0.1, -0.05) is 35.7 Å². The van der Waals surface area contributed by atoms with E-state index in [1.807, 2.05) is 19.1 Å². The Balaban J connectivity index is 1.75. The summed E-state index contributed by atoms with van der Waals surface area (Å²) in [5.74, 6) is -1.26. The summed E-state index contributed by atoms with van der Waals surface area (Å²) in [7, 11) is 0. The van der Waals surface area contributed by atoms with Crippen LogP contribution in [0.3, 0.4) is 0 Å². The zero-order valence-corrected chi connectivity index (χ0v) is 14.9. The molecule has 1 aromatic heterocycles. The van der Waals surface area contributed by atoms with Crippen molar-refractivity contribution in [2.75, 3.05) is 0 Å². The number of carboxylic acid groups (broad SMARTS) is 1. The molecule has 7 heteroatoms. The molecule has 2 atom stereocenters. The first kappa shape index (κ1) is 17.5. The molecule has 1 aliphatic rings. The number of amides is 1. The van der Waals surface area contributed by atoms with Gasteiger partial charge in [-0.3, -0.25) is 4.79 Å². The standard InChI is InChI=1S/C18H21N3O3S/c1-2-14-16(25-21-20-14)17(22)19-15(18(23)24)10-12-8-5-7-11-6-3-4-9-13(11)12/h3-4,6,9,12,15H,2,5,7-8,10H2,1H3,(H,19,22)(H,23,24). The van der Waals surface area contributed by atoms with Gasteiger partial charge in [-0.2, -0.15) is 0 Å². The van der Waals surface area contributed by atoms with E-state index in [-0.39, 0.29) is 5.92 Å². The first-order chi connectivity index (χ1) is 12.1. The molecule has 0 saturated carbocycles. The highest BCUT2D eigenvalue weighted by molar-refractivity contribution is 7.08. The number of carbonyl (C=O) groups excluding carboxylic acids is 1. The van der Waals surface area contributed by atoms with Crippen LogP contribution in [0.5, 0.6) is 0 Å². The van der Waals surface area contributed by atoms with Gasteiger partial charge in [0.25, 0.3) is 5.91 Å². The number of carbonyl (C=O) groups is 2. The van der Waals surface area contributed by atoms with Crippen molar-refractivity contribution in [2.45, 2.75) is 51.0 Å². The highest BCUT2D eigenvalue weighted by Gasteiger charge is 2.29. The van der Waals surface area contributed by atoms with Crippen molar-refractivity contribution in [1.29, 1.82) is 0 Å². The highest BCUT2D eigenvalue weighted by atomic mass is 32.1. The van der Waals surface area contributed by atoms with Crippen LogP contribution in [-0.4, -0.2) is 32.6 Å². The third kappa shape index (κ3) is 3.87. The maximum Gasteiger partial charge on any atom is 0.326 e. The molecule has 0 bridgehead atoms. The Morgan fingerprint density at radius 3 is 2.96 bits per heavy atom. The number of hydrogen-bond acceptors (Lipinski definition) is 5. The minimum Gasteiger partial charge on any atom is -0.480 e. The van der Waals surface area contributed by atoms with Crippen LogP contribution in [-0.2, 0) is 17.6 Å². The Morgan fingerprint density at radius 1 is 1.40 bits per heavy atom. The van der Waals surface area contributed by atoms with E-state index in [2.05, 4.69) is 27.0 Å². The summed E-state index contributed by atoms with van der Waals surface area (Å²) in [5.41, 5.74) is 3.10. The Kier molecular flexibility index (Phi) is 5.43. The maximum atomic E-state index is 12.4. The van der Waals surface area contributed by atoms with Crippen LogP contribution < -0.4 is 5.32 Å². The van der Waals surface area contributed by atoms with E-state index >= 15 is 0 Å². The molecule has 6 nitrogen and oxygen atoms in total. The minimum atomic E-state index is -1.01. The van der Waals surface area contributed by atoms with E-state index in [0.717, 1.165) is 30.8 Å². The Morgan fingerprint density at radius 2 is 2.20 bits per heavy atom. The molecule has 132 valence electrons. The van der Waals surface area contributed by atoms with Gasteiger partial charge in [-0.05, 0) is 60.7 Å². The molecule has 1 amide bonds. The molecule has 0 aliphatic heterocycles. The predicted molar refractivity (Wildman–Crippen MR) is 94.9 cm³/mol. The first-order valence-corrected chi connectivity index (χ1v) is 9.30. The number of benzene rings is 1. The van der Waals surface area contributed by atoms with Crippen molar-refractivity contribution in [1.82, 2.24) is 14.9 Å². The lowest BCUT2D eigenvalue weighted by atomic mass is 9.79. The molecule has 2 N–H and O–H groups in total. The van der Waals surface area contributed by atoms with Gasteiger partial charge in [0.05, 0.1) is 5.69 Å². The number of nitrogens with one attached hydrogen (secondary N) is 1. The lowest BCUT2D eigenvalue weighted by molar-refractivity contribution is -0.139. The number of carboxylic acids is 1. The van der Waals surface area contributed by atoms with E-state index in [0.29, 0.717) is 23.4 Å². The van der Waals surface area contributed by atoms with Gasteiger partial charge in [-0.25, -0.2) is 4.79 Å². The second-order valence-electron chi connectivity index (χ2n) is 6.29. The molecule has 25 heavy (non-hydrogen) atoms. The van der Waals surface area contributed by atoms with Crippen molar-refractivity contribution in [3.05, 3.63) is 46.0 Å². The number of fused-ring (bicyclic) bond motifs is 1. The summed E-state index contributed by atoms with van der Waals surface area (Å²) >= 11 is 1.00. The molecule has 1 heterocycles. The van der Waals surface area contributed by atoms with Gasteiger partial charge in [0.1, 0.15) is 10.9 Å². The van der Waals surface area contributed by atoms with Crippen molar-refractivity contribution < 1.29 is 14.7 Å². The third-order valence-electron chi connectivity index (χ3n) is 4.71. The lowest BCUT2D eigenvalue weighted by Crippen LogP contribution is -2.42. The van der Waals surface area contributed by atoms with Crippen molar-refractivity contribution >= 4 is 23.4 Å². The number of aliphatic carboxylic acids is 1. The second-order valence-corrected chi connectivity index (χ2v) is 7.04. The highest BCUT2D eigenvalue weighted by Crippen LogP contribution is 2.34. The van der Waals surface area contributed by atoms with Gasteiger partial charge in [0, 0.05) is 0 Å². The van der Waals surface area contributed by atoms with Crippen LogP contribution in [0.4, 0.5) is 0 Å². The average Bonchev–Trinajstić information content (AvgIpc) is 3.10. The zero-order chi connectivity index (χ0) is 17.8. The number of hydrogen-bond donors (Lipinski definition) is 2. The smallest absolute Gasteiger partial charge is 0.326 e. The maximum absolute atomic E-state index is 12.4. The topological polar surface area (TPSA) is 92.2 Å². The van der Waals surface area contributed by atoms with Crippen LogP contribution in [0.1, 0.15) is 58.6 Å². The number of aryl methyl sites for hydroxylation is 2. The Labute approximate surface area is 150 Å². The first-order valence-electron chi connectivity index (χ1n) is 8.52. The van der Waals surface area contributed by atoms with E-state index in [4.69, 9.17) is 0 Å². The van der Waals surface area contributed by atoms with Gasteiger partial charge >= 0.3 is 5.97 Å². The summed E-state index contributed by atoms with van der Waals surface area (Å²) in [5, 5.41) is 16.2. The van der Waals surface area contributed by atoms with E-state index in [9.17, 15) is 14.7 Å². The molecule has 3 rings (SSSR count). The van der Waals surface area contributed by atoms with Gasteiger partial charge < -0.3 is 10.4 Å². The lowest BCUT2D eigenvalue weighted by Gasteiger charge is -2.28. The van der Waals surface area contributed by atoms with Crippen molar-refractivity contribution in [3.63, 3.8) is 0 Å².